The van der Waals surface area contributed by atoms with Crippen LogP contribution in [0.3, 0.4) is 0 Å². The third-order valence-electron chi connectivity index (χ3n) is 3.43. The molecule has 0 aromatic carbocycles. The molecule has 1 aliphatic heterocycles. The first-order valence-electron chi connectivity index (χ1n) is 8.57. The topological polar surface area (TPSA) is 124 Å². The summed E-state index contributed by atoms with van der Waals surface area (Å²) in [5.41, 5.74) is 0. The highest BCUT2D eigenvalue weighted by molar-refractivity contribution is 5.68. The smallest absolute Gasteiger partial charge is 0.303 e. The predicted octanol–water partition coefficient (Wildman–Crippen LogP) is 0.496. The van der Waals surface area contributed by atoms with E-state index in [0.717, 1.165) is 13.8 Å². The molecule has 0 aliphatic carbocycles. The van der Waals surface area contributed by atoms with E-state index in [1.54, 1.807) is 0 Å². The number of ether oxygens (including phenoxy) is 6. The molecule has 5 atom stereocenters. The second-order valence-corrected chi connectivity index (χ2v) is 5.94. The van der Waals surface area contributed by atoms with E-state index in [9.17, 15) is 19.2 Å². The molecule has 27 heavy (non-hydrogen) atoms. The van der Waals surface area contributed by atoms with E-state index in [-0.39, 0.29) is 13.2 Å². The highest BCUT2D eigenvalue weighted by Crippen LogP contribution is 2.30. The van der Waals surface area contributed by atoms with Crippen LogP contribution in [0.2, 0.25) is 0 Å². The molecule has 1 heterocycles. The molecule has 1 aliphatic rings. The van der Waals surface area contributed by atoms with Gasteiger partial charge in [0.15, 0.2) is 24.6 Å². The van der Waals surface area contributed by atoms with Crippen LogP contribution in [0.15, 0.2) is 0 Å². The van der Waals surface area contributed by atoms with E-state index < -0.39 is 54.6 Å². The van der Waals surface area contributed by atoms with E-state index >= 15 is 0 Å². The number of carbonyl (C=O) groups is 4. The van der Waals surface area contributed by atoms with Gasteiger partial charge in [0.2, 0.25) is 0 Å². The molecule has 1 saturated heterocycles. The molecule has 0 saturated carbocycles. The Kier molecular flexibility index (Phi) is 9.16. The van der Waals surface area contributed by atoms with Gasteiger partial charge in [-0.2, -0.15) is 0 Å². The van der Waals surface area contributed by atoms with Crippen molar-refractivity contribution < 1.29 is 47.6 Å². The van der Waals surface area contributed by atoms with Crippen LogP contribution in [-0.2, 0) is 47.6 Å². The Hall–Kier alpha value is -2.20. The lowest BCUT2D eigenvalue weighted by Crippen LogP contribution is -2.63. The Morgan fingerprint density at radius 1 is 0.778 bits per heavy atom. The minimum Gasteiger partial charge on any atom is -0.463 e. The summed E-state index contributed by atoms with van der Waals surface area (Å²) in [5, 5.41) is 0. The van der Waals surface area contributed by atoms with Crippen LogP contribution in [0.4, 0.5) is 0 Å². The molecule has 0 unspecified atom stereocenters. The van der Waals surface area contributed by atoms with Crippen LogP contribution < -0.4 is 0 Å². The van der Waals surface area contributed by atoms with Gasteiger partial charge in [-0.1, -0.05) is 6.92 Å². The molecule has 0 spiro atoms. The zero-order valence-electron chi connectivity index (χ0n) is 16.1. The van der Waals surface area contributed by atoms with E-state index in [2.05, 4.69) is 0 Å². The first-order chi connectivity index (χ1) is 12.6. The Morgan fingerprint density at radius 2 is 1.30 bits per heavy atom. The predicted molar refractivity (Wildman–Crippen MR) is 88.2 cm³/mol. The molecule has 0 N–H and O–H groups in total. The van der Waals surface area contributed by atoms with Crippen LogP contribution in [-0.4, -0.2) is 67.8 Å². The second kappa shape index (κ2) is 10.8. The average Bonchev–Trinajstić information content (AvgIpc) is 2.54. The highest BCUT2D eigenvalue weighted by atomic mass is 16.7. The number of hydrogen-bond acceptors (Lipinski definition) is 10. The molecule has 0 aromatic rings. The molecule has 0 aromatic heterocycles. The Morgan fingerprint density at radius 3 is 1.78 bits per heavy atom. The van der Waals surface area contributed by atoms with Crippen LogP contribution in [0, 0.1) is 0 Å². The maximum Gasteiger partial charge on any atom is 0.303 e. The van der Waals surface area contributed by atoms with Crippen LogP contribution in [0.1, 0.15) is 41.0 Å². The molecular weight excluding hydrogens is 364 g/mol. The largest absolute Gasteiger partial charge is 0.463 e. The zero-order valence-corrected chi connectivity index (χ0v) is 16.1. The first kappa shape index (κ1) is 22.8. The lowest BCUT2D eigenvalue weighted by Gasteiger charge is -2.44. The summed E-state index contributed by atoms with van der Waals surface area (Å²) in [4.78, 5) is 45.8. The third kappa shape index (κ3) is 7.51. The van der Waals surface area contributed by atoms with Gasteiger partial charge in [-0.05, 0) is 6.42 Å². The summed E-state index contributed by atoms with van der Waals surface area (Å²) >= 11 is 0. The van der Waals surface area contributed by atoms with Gasteiger partial charge >= 0.3 is 23.9 Å². The number of hydrogen-bond donors (Lipinski definition) is 0. The molecule has 154 valence electrons. The van der Waals surface area contributed by atoms with Crippen molar-refractivity contribution in [2.24, 2.45) is 0 Å². The first-order valence-corrected chi connectivity index (χ1v) is 8.57. The van der Waals surface area contributed by atoms with Crippen LogP contribution in [0.25, 0.3) is 0 Å². The highest BCUT2D eigenvalue weighted by Gasteiger charge is 2.52. The summed E-state index contributed by atoms with van der Waals surface area (Å²) in [5.74, 6) is -2.59. The van der Waals surface area contributed by atoms with Gasteiger partial charge < -0.3 is 28.4 Å². The zero-order chi connectivity index (χ0) is 20.6. The minimum atomic E-state index is -1.20. The third-order valence-corrected chi connectivity index (χ3v) is 3.43. The van der Waals surface area contributed by atoms with Crippen molar-refractivity contribution in [3.8, 4) is 0 Å². The maximum atomic E-state index is 11.6. The van der Waals surface area contributed by atoms with Gasteiger partial charge in [-0.25, -0.2) is 0 Å². The van der Waals surface area contributed by atoms with Crippen molar-refractivity contribution in [1.29, 1.82) is 0 Å². The number of esters is 4. The lowest BCUT2D eigenvalue weighted by molar-refractivity contribution is -0.308. The van der Waals surface area contributed by atoms with Crippen molar-refractivity contribution in [1.82, 2.24) is 0 Å². The normalized spacial score (nSPS) is 27.4. The van der Waals surface area contributed by atoms with E-state index in [1.807, 2.05) is 6.92 Å². The SMILES string of the molecule is CCCO[C@@H]1O[C@H](COC(C)=O)[C@H](OC(C)=O)[C@H](OC(C)=O)[C@H]1OC(C)=O. The summed E-state index contributed by atoms with van der Waals surface area (Å²) in [7, 11) is 0. The summed E-state index contributed by atoms with van der Waals surface area (Å²) < 4.78 is 32.0. The molecule has 0 bridgehead atoms. The standard InChI is InChI=1S/C17H26O10/c1-6-7-22-17-16(26-12(5)21)15(25-11(4)20)14(24-10(3)19)13(27-17)8-23-9(2)18/h13-17H,6-8H2,1-5H3/t13-,14+,15+,16-,17-/m1/s1. The van der Waals surface area contributed by atoms with Crippen LogP contribution >= 0.6 is 0 Å². The number of carbonyl (C=O) groups excluding carboxylic acids is 4. The van der Waals surface area contributed by atoms with Gasteiger partial charge in [0, 0.05) is 34.3 Å². The summed E-state index contributed by atoms with van der Waals surface area (Å²) in [6, 6.07) is 0. The van der Waals surface area contributed by atoms with E-state index in [1.165, 1.54) is 13.8 Å². The molecule has 10 heteroatoms. The van der Waals surface area contributed by atoms with Crippen molar-refractivity contribution in [2.45, 2.75) is 71.7 Å². The molecule has 1 fully saturated rings. The maximum absolute atomic E-state index is 11.6. The fourth-order valence-corrected chi connectivity index (χ4v) is 2.56. The van der Waals surface area contributed by atoms with Crippen molar-refractivity contribution in [2.75, 3.05) is 13.2 Å². The molecule has 1 rings (SSSR count). The fourth-order valence-electron chi connectivity index (χ4n) is 2.56. The molecule has 0 radical (unpaired) electrons. The average molecular weight is 390 g/mol. The van der Waals surface area contributed by atoms with Crippen molar-refractivity contribution in [3.63, 3.8) is 0 Å². The summed E-state index contributed by atoms with van der Waals surface area (Å²) in [6.07, 6.45) is -4.99. The minimum absolute atomic E-state index is 0.272. The molecule has 0 amide bonds. The van der Waals surface area contributed by atoms with Gasteiger partial charge in [0.1, 0.15) is 12.7 Å². The number of rotatable bonds is 8. The van der Waals surface area contributed by atoms with Gasteiger partial charge in [-0.15, -0.1) is 0 Å². The van der Waals surface area contributed by atoms with Crippen molar-refractivity contribution >= 4 is 23.9 Å². The Balaban J connectivity index is 3.22. The van der Waals surface area contributed by atoms with Gasteiger partial charge in [0.05, 0.1) is 0 Å². The molecular formula is C17H26O10. The second-order valence-electron chi connectivity index (χ2n) is 5.94. The fraction of sp³-hybridized carbons (Fsp3) is 0.765. The monoisotopic (exact) mass is 390 g/mol. The van der Waals surface area contributed by atoms with Crippen LogP contribution in [0.5, 0.6) is 0 Å². The van der Waals surface area contributed by atoms with Gasteiger partial charge in [0.25, 0.3) is 0 Å². The Bertz CT molecular complexity index is 546. The quantitative estimate of drug-likeness (QED) is 0.427. The van der Waals surface area contributed by atoms with Crippen molar-refractivity contribution in [3.05, 3.63) is 0 Å². The van der Waals surface area contributed by atoms with E-state index in [4.69, 9.17) is 28.4 Å². The lowest BCUT2D eigenvalue weighted by atomic mass is 9.98. The van der Waals surface area contributed by atoms with Gasteiger partial charge in [-0.3, -0.25) is 19.2 Å². The molecule has 10 nitrogen and oxygen atoms in total. The van der Waals surface area contributed by atoms with E-state index in [0.29, 0.717) is 6.42 Å². The Labute approximate surface area is 157 Å². The summed E-state index contributed by atoms with van der Waals surface area (Å²) in [6.45, 7) is 6.57.